The molecule has 0 N–H and O–H groups in total. The van der Waals surface area contributed by atoms with Crippen molar-refractivity contribution >= 4 is 23.2 Å². The fourth-order valence-electron chi connectivity index (χ4n) is 3.28. The van der Waals surface area contributed by atoms with Crippen molar-refractivity contribution in [2.24, 2.45) is 0 Å². The van der Waals surface area contributed by atoms with Gasteiger partial charge >= 0.3 is 0 Å². The first-order valence-electron chi connectivity index (χ1n) is 9.26. The topological polar surface area (TPSA) is 111 Å². The number of ether oxygens (including phenoxy) is 3. The molecule has 0 bridgehead atoms. The molecule has 10 heteroatoms. The zero-order valence-electron chi connectivity index (χ0n) is 16.2. The second kappa shape index (κ2) is 7.90. The number of fused-ring (bicyclic) bond motifs is 2. The summed E-state index contributed by atoms with van der Waals surface area (Å²) < 4.78 is 16.4. The van der Waals surface area contributed by atoms with E-state index in [2.05, 4.69) is 0 Å². The molecule has 2 amide bonds. The summed E-state index contributed by atoms with van der Waals surface area (Å²) in [5, 5.41) is 11.1. The summed E-state index contributed by atoms with van der Waals surface area (Å²) in [6.45, 7) is 0.783. The summed E-state index contributed by atoms with van der Waals surface area (Å²) in [7, 11) is 1.62. The van der Waals surface area contributed by atoms with E-state index in [1.165, 1.54) is 28.0 Å². The number of hydrogen-bond acceptors (Lipinski definition) is 7. The van der Waals surface area contributed by atoms with Gasteiger partial charge in [-0.25, -0.2) is 0 Å². The SMILES string of the molecule is CN(Cc1ccc2c(c1)OCCO2)C(=O)CN1C(=O)COc2ccc([N+](=O)[O-])cc21. The lowest BCUT2D eigenvalue weighted by molar-refractivity contribution is -0.384. The van der Waals surface area contributed by atoms with E-state index in [1.54, 1.807) is 13.1 Å². The number of nitrogens with zero attached hydrogens (tertiary/aromatic N) is 3. The molecule has 0 aliphatic carbocycles. The lowest BCUT2D eigenvalue weighted by atomic mass is 10.1. The molecule has 2 aromatic rings. The molecular formula is C20H19N3O7. The van der Waals surface area contributed by atoms with Gasteiger partial charge in [0.25, 0.3) is 11.6 Å². The smallest absolute Gasteiger partial charge is 0.271 e. The number of rotatable bonds is 5. The minimum Gasteiger partial charge on any atom is -0.486 e. The maximum absolute atomic E-state index is 12.8. The second-order valence-electron chi connectivity index (χ2n) is 6.91. The van der Waals surface area contributed by atoms with Crippen LogP contribution in [0.3, 0.4) is 0 Å². The predicted molar refractivity (Wildman–Crippen MR) is 105 cm³/mol. The molecule has 2 aliphatic rings. The van der Waals surface area contributed by atoms with Crippen molar-refractivity contribution < 1.29 is 28.7 Å². The zero-order chi connectivity index (χ0) is 21.3. The zero-order valence-corrected chi connectivity index (χ0v) is 16.2. The number of anilines is 1. The number of likely N-dealkylation sites (N-methyl/N-ethyl adjacent to an activating group) is 1. The van der Waals surface area contributed by atoms with E-state index < -0.39 is 10.8 Å². The number of carbonyl (C=O) groups is 2. The van der Waals surface area contributed by atoms with Gasteiger partial charge in [-0.1, -0.05) is 6.07 Å². The van der Waals surface area contributed by atoms with Crippen LogP contribution in [0.1, 0.15) is 5.56 Å². The summed E-state index contributed by atoms with van der Waals surface area (Å²) in [4.78, 5) is 38.3. The molecule has 0 fully saturated rings. The third kappa shape index (κ3) is 3.84. The highest BCUT2D eigenvalue weighted by Gasteiger charge is 2.30. The van der Waals surface area contributed by atoms with Crippen LogP contribution in [-0.2, 0) is 16.1 Å². The summed E-state index contributed by atoms with van der Waals surface area (Å²) in [6, 6.07) is 9.41. The fraction of sp³-hybridized carbons (Fsp3) is 0.300. The molecule has 4 rings (SSSR count). The molecule has 0 spiro atoms. The Labute approximate surface area is 171 Å². The molecule has 30 heavy (non-hydrogen) atoms. The lowest BCUT2D eigenvalue weighted by Gasteiger charge is -2.30. The maximum atomic E-state index is 12.8. The minimum atomic E-state index is -0.562. The van der Waals surface area contributed by atoms with E-state index >= 15 is 0 Å². The van der Waals surface area contributed by atoms with Gasteiger partial charge < -0.3 is 19.1 Å². The van der Waals surface area contributed by atoms with Crippen molar-refractivity contribution in [3.63, 3.8) is 0 Å². The first-order valence-corrected chi connectivity index (χ1v) is 9.26. The van der Waals surface area contributed by atoms with Gasteiger partial charge in [-0.3, -0.25) is 24.6 Å². The standard InChI is InChI=1S/C20H19N3O7/c1-21(10-13-2-4-17-18(8-13)29-7-6-28-17)19(24)11-22-15-9-14(23(26)27)3-5-16(15)30-12-20(22)25/h2-5,8-9H,6-7,10-12H2,1H3. The van der Waals surface area contributed by atoms with Gasteiger partial charge in [0.05, 0.1) is 10.6 Å². The Bertz CT molecular complexity index is 1020. The van der Waals surface area contributed by atoms with Crippen LogP contribution < -0.4 is 19.1 Å². The molecule has 2 aromatic carbocycles. The molecule has 0 saturated heterocycles. The monoisotopic (exact) mass is 413 g/mol. The van der Waals surface area contributed by atoms with Gasteiger partial charge in [0.2, 0.25) is 5.91 Å². The van der Waals surface area contributed by atoms with Crippen LogP contribution in [0.25, 0.3) is 0 Å². The minimum absolute atomic E-state index is 0.186. The molecule has 156 valence electrons. The molecule has 0 atom stereocenters. The summed E-state index contributed by atoms with van der Waals surface area (Å²) in [6.07, 6.45) is 0. The van der Waals surface area contributed by atoms with Crippen LogP contribution in [0.4, 0.5) is 11.4 Å². The highest BCUT2D eigenvalue weighted by molar-refractivity contribution is 6.02. The average Bonchev–Trinajstić information content (AvgIpc) is 2.75. The van der Waals surface area contributed by atoms with Gasteiger partial charge in [0, 0.05) is 25.7 Å². The van der Waals surface area contributed by atoms with Crippen molar-refractivity contribution in [2.45, 2.75) is 6.54 Å². The van der Waals surface area contributed by atoms with E-state index in [-0.39, 0.29) is 30.4 Å². The molecule has 0 radical (unpaired) electrons. The number of non-ortho nitro benzene ring substituents is 1. The summed E-state index contributed by atoms with van der Waals surface area (Å²) >= 11 is 0. The predicted octanol–water partition coefficient (Wildman–Crippen LogP) is 1.75. The van der Waals surface area contributed by atoms with E-state index in [1.807, 2.05) is 12.1 Å². The largest absolute Gasteiger partial charge is 0.486 e. The van der Waals surface area contributed by atoms with Crippen molar-refractivity contribution in [1.29, 1.82) is 0 Å². The molecule has 0 saturated carbocycles. The first-order chi connectivity index (χ1) is 14.4. The van der Waals surface area contributed by atoms with Crippen LogP contribution >= 0.6 is 0 Å². The molecular weight excluding hydrogens is 394 g/mol. The van der Waals surface area contributed by atoms with E-state index in [4.69, 9.17) is 14.2 Å². The molecule has 2 heterocycles. The Morgan fingerprint density at radius 1 is 1.10 bits per heavy atom. The molecule has 2 aliphatic heterocycles. The molecule has 0 aromatic heterocycles. The number of benzene rings is 2. The summed E-state index contributed by atoms with van der Waals surface area (Å²) in [5.74, 6) is 0.851. The first kappa shape index (κ1) is 19.5. The maximum Gasteiger partial charge on any atom is 0.271 e. The van der Waals surface area contributed by atoms with Crippen LogP contribution in [0.2, 0.25) is 0 Å². The number of hydrogen-bond donors (Lipinski definition) is 0. The third-order valence-electron chi connectivity index (χ3n) is 4.84. The Morgan fingerprint density at radius 3 is 2.60 bits per heavy atom. The Morgan fingerprint density at radius 2 is 1.83 bits per heavy atom. The second-order valence-corrected chi connectivity index (χ2v) is 6.91. The van der Waals surface area contributed by atoms with E-state index in [0.717, 1.165) is 5.56 Å². The van der Waals surface area contributed by atoms with E-state index in [9.17, 15) is 19.7 Å². The number of nitro groups is 1. The lowest BCUT2D eigenvalue weighted by Crippen LogP contribution is -2.45. The fourth-order valence-corrected chi connectivity index (χ4v) is 3.28. The number of amides is 2. The van der Waals surface area contributed by atoms with Crippen molar-refractivity contribution in [3.8, 4) is 17.2 Å². The van der Waals surface area contributed by atoms with E-state index in [0.29, 0.717) is 37.0 Å². The van der Waals surface area contributed by atoms with Gasteiger partial charge in [-0.05, 0) is 23.8 Å². The van der Waals surface area contributed by atoms with Gasteiger partial charge in [0.15, 0.2) is 18.1 Å². The van der Waals surface area contributed by atoms with Crippen molar-refractivity contribution in [1.82, 2.24) is 4.90 Å². The van der Waals surface area contributed by atoms with Crippen molar-refractivity contribution in [2.75, 3.05) is 38.3 Å². The highest BCUT2D eigenvalue weighted by atomic mass is 16.6. The Kier molecular flexibility index (Phi) is 5.13. The van der Waals surface area contributed by atoms with Crippen LogP contribution in [0, 0.1) is 10.1 Å². The van der Waals surface area contributed by atoms with Gasteiger partial charge in [0.1, 0.15) is 25.5 Å². The number of carbonyl (C=O) groups excluding carboxylic acids is 2. The van der Waals surface area contributed by atoms with Crippen LogP contribution in [0.15, 0.2) is 36.4 Å². The Balaban J connectivity index is 1.49. The van der Waals surface area contributed by atoms with Crippen molar-refractivity contribution in [3.05, 3.63) is 52.1 Å². The highest BCUT2D eigenvalue weighted by Crippen LogP contribution is 2.35. The van der Waals surface area contributed by atoms with Gasteiger partial charge in [-0.15, -0.1) is 0 Å². The molecule has 0 unspecified atom stereocenters. The normalized spacial score (nSPS) is 14.6. The number of nitro benzene ring substituents is 1. The van der Waals surface area contributed by atoms with Crippen LogP contribution in [0.5, 0.6) is 17.2 Å². The molecule has 10 nitrogen and oxygen atoms in total. The average molecular weight is 413 g/mol. The quantitative estimate of drug-likeness (QED) is 0.542. The van der Waals surface area contributed by atoms with Gasteiger partial charge in [-0.2, -0.15) is 0 Å². The third-order valence-corrected chi connectivity index (χ3v) is 4.84. The Hall–Kier alpha value is -3.82. The van der Waals surface area contributed by atoms with Crippen LogP contribution in [-0.4, -0.2) is 55.1 Å². The summed E-state index contributed by atoms with van der Waals surface area (Å²) in [5.41, 5.74) is 0.870.